The molecule has 2 aromatic carbocycles. The molecule has 2 aromatic rings. The van der Waals surface area contributed by atoms with Gasteiger partial charge >= 0.3 is 5.97 Å². The van der Waals surface area contributed by atoms with Gasteiger partial charge in [0.25, 0.3) is 0 Å². The number of carbonyl (C=O) groups excluding carboxylic acids is 1. The number of amides is 1. The zero-order chi connectivity index (χ0) is 17.6. The number of hydrogen-bond acceptors (Lipinski definition) is 2. The van der Waals surface area contributed by atoms with Crippen molar-refractivity contribution < 1.29 is 19.1 Å². The minimum absolute atomic E-state index is 0.221. The second kappa shape index (κ2) is 7.73. The Morgan fingerprint density at radius 1 is 1.08 bits per heavy atom. The lowest BCUT2D eigenvalue weighted by Crippen LogP contribution is -2.49. The van der Waals surface area contributed by atoms with Crippen molar-refractivity contribution in [2.24, 2.45) is 0 Å². The molecular formula is C19H20FNO3. The topological polar surface area (TPSA) is 66.4 Å². The van der Waals surface area contributed by atoms with Crippen LogP contribution in [-0.2, 0) is 21.5 Å². The number of aliphatic carboxylic acids is 1. The van der Waals surface area contributed by atoms with Gasteiger partial charge in [0.15, 0.2) is 5.54 Å². The predicted molar refractivity (Wildman–Crippen MR) is 88.9 cm³/mol. The van der Waals surface area contributed by atoms with Gasteiger partial charge in [0.2, 0.25) is 5.91 Å². The number of halogens is 1. The van der Waals surface area contributed by atoms with E-state index in [1.165, 1.54) is 31.2 Å². The van der Waals surface area contributed by atoms with E-state index in [1.807, 2.05) is 30.3 Å². The van der Waals surface area contributed by atoms with Crippen molar-refractivity contribution in [1.29, 1.82) is 0 Å². The zero-order valence-corrected chi connectivity index (χ0v) is 13.5. The van der Waals surface area contributed by atoms with Crippen molar-refractivity contribution in [3.05, 3.63) is 71.5 Å². The molecule has 0 radical (unpaired) electrons. The summed E-state index contributed by atoms with van der Waals surface area (Å²) in [5.74, 6) is -1.99. The number of carboxylic acids is 1. The molecule has 0 bridgehead atoms. The Balaban J connectivity index is 1.98. The molecule has 0 fully saturated rings. The largest absolute Gasteiger partial charge is 0.479 e. The van der Waals surface area contributed by atoms with Crippen molar-refractivity contribution in [3.8, 4) is 0 Å². The average Bonchev–Trinajstić information content (AvgIpc) is 2.56. The summed E-state index contributed by atoms with van der Waals surface area (Å²) in [5.41, 5.74) is -0.130. The molecule has 0 saturated heterocycles. The van der Waals surface area contributed by atoms with Gasteiger partial charge in [0.05, 0.1) is 0 Å². The Bertz CT molecular complexity index is 700. The van der Waals surface area contributed by atoms with Crippen LogP contribution in [0.4, 0.5) is 4.39 Å². The molecule has 1 atom stereocenters. The van der Waals surface area contributed by atoms with Crippen molar-refractivity contribution >= 4 is 11.9 Å². The average molecular weight is 329 g/mol. The van der Waals surface area contributed by atoms with E-state index in [0.29, 0.717) is 12.0 Å². The summed E-state index contributed by atoms with van der Waals surface area (Å²) in [6.07, 6.45) is 1.59. The number of nitrogens with one attached hydrogen (secondary N) is 1. The first-order valence-corrected chi connectivity index (χ1v) is 7.76. The summed E-state index contributed by atoms with van der Waals surface area (Å²) >= 11 is 0. The van der Waals surface area contributed by atoms with E-state index in [4.69, 9.17) is 0 Å². The van der Waals surface area contributed by atoms with Crippen LogP contribution in [0.25, 0.3) is 0 Å². The van der Waals surface area contributed by atoms with Gasteiger partial charge in [0.1, 0.15) is 5.82 Å². The maximum absolute atomic E-state index is 13.0. The van der Waals surface area contributed by atoms with Crippen LogP contribution in [0, 0.1) is 5.82 Å². The van der Waals surface area contributed by atoms with Gasteiger partial charge in [-0.25, -0.2) is 9.18 Å². The highest BCUT2D eigenvalue weighted by Crippen LogP contribution is 2.22. The van der Waals surface area contributed by atoms with Gasteiger partial charge in [-0.15, -0.1) is 0 Å². The minimum Gasteiger partial charge on any atom is -0.479 e. The number of rotatable bonds is 7. The van der Waals surface area contributed by atoms with E-state index in [-0.39, 0.29) is 12.3 Å². The van der Waals surface area contributed by atoms with Crippen LogP contribution >= 0.6 is 0 Å². The first-order chi connectivity index (χ1) is 11.4. The summed E-state index contributed by atoms with van der Waals surface area (Å²) in [4.78, 5) is 23.8. The smallest absolute Gasteiger partial charge is 0.333 e. The number of carbonyl (C=O) groups is 2. The first kappa shape index (κ1) is 17.7. The van der Waals surface area contributed by atoms with Gasteiger partial charge in [-0.2, -0.15) is 0 Å². The molecule has 24 heavy (non-hydrogen) atoms. The SMILES string of the molecule is CC(NC(=O)CCCc1ccccc1)(C(=O)O)c1ccc(F)cc1. The molecule has 126 valence electrons. The summed E-state index contributed by atoms with van der Waals surface area (Å²) in [7, 11) is 0. The van der Waals surface area contributed by atoms with Crippen LogP contribution in [0.1, 0.15) is 30.9 Å². The van der Waals surface area contributed by atoms with Gasteiger partial charge in [-0.05, 0) is 43.0 Å². The van der Waals surface area contributed by atoms with Gasteiger partial charge in [-0.1, -0.05) is 42.5 Å². The molecular weight excluding hydrogens is 309 g/mol. The summed E-state index contributed by atoms with van der Waals surface area (Å²) in [6, 6.07) is 14.9. The molecule has 0 spiro atoms. The molecule has 2 N–H and O–H groups in total. The third kappa shape index (κ3) is 4.41. The van der Waals surface area contributed by atoms with Gasteiger partial charge in [-0.3, -0.25) is 4.79 Å². The normalized spacial score (nSPS) is 13.1. The number of aryl methyl sites for hydroxylation is 1. The van der Waals surface area contributed by atoms with Crippen LogP contribution in [-0.4, -0.2) is 17.0 Å². The van der Waals surface area contributed by atoms with Crippen molar-refractivity contribution in [1.82, 2.24) is 5.32 Å². The maximum Gasteiger partial charge on any atom is 0.333 e. The third-order valence-corrected chi connectivity index (χ3v) is 3.95. The predicted octanol–water partition coefficient (Wildman–Crippen LogP) is 3.26. The van der Waals surface area contributed by atoms with Gasteiger partial charge in [0, 0.05) is 6.42 Å². The second-order valence-electron chi connectivity index (χ2n) is 5.82. The Hall–Kier alpha value is -2.69. The van der Waals surface area contributed by atoms with Crippen LogP contribution < -0.4 is 5.32 Å². The van der Waals surface area contributed by atoms with Crippen LogP contribution in [0.5, 0.6) is 0 Å². The van der Waals surface area contributed by atoms with Crippen LogP contribution in [0.3, 0.4) is 0 Å². The van der Waals surface area contributed by atoms with E-state index in [2.05, 4.69) is 5.32 Å². The summed E-state index contributed by atoms with van der Waals surface area (Å²) in [5, 5.41) is 12.1. The summed E-state index contributed by atoms with van der Waals surface area (Å²) in [6.45, 7) is 1.40. The standard InChI is InChI=1S/C19H20FNO3/c1-19(18(23)24,15-10-12-16(20)13-11-15)21-17(22)9-5-8-14-6-3-2-4-7-14/h2-4,6-7,10-13H,5,8-9H2,1H3,(H,21,22)(H,23,24). The molecule has 4 nitrogen and oxygen atoms in total. The fourth-order valence-electron chi connectivity index (χ4n) is 2.47. The highest BCUT2D eigenvalue weighted by atomic mass is 19.1. The highest BCUT2D eigenvalue weighted by molar-refractivity contribution is 5.87. The molecule has 0 heterocycles. The van der Waals surface area contributed by atoms with Crippen molar-refractivity contribution in [2.45, 2.75) is 31.7 Å². The van der Waals surface area contributed by atoms with E-state index >= 15 is 0 Å². The lowest BCUT2D eigenvalue weighted by molar-refractivity contribution is -0.147. The Morgan fingerprint density at radius 2 is 1.71 bits per heavy atom. The van der Waals surface area contributed by atoms with Crippen molar-refractivity contribution in [3.63, 3.8) is 0 Å². The second-order valence-corrected chi connectivity index (χ2v) is 5.82. The quantitative estimate of drug-likeness (QED) is 0.819. The van der Waals surface area contributed by atoms with E-state index < -0.39 is 17.3 Å². The fraction of sp³-hybridized carbons (Fsp3) is 0.263. The Labute approximate surface area is 140 Å². The molecule has 1 unspecified atom stereocenters. The monoisotopic (exact) mass is 329 g/mol. The third-order valence-electron chi connectivity index (χ3n) is 3.95. The van der Waals surface area contributed by atoms with E-state index in [9.17, 15) is 19.1 Å². The fourth-order valence-corrected chi connectivity index (χ4v) is 2.47. The lowest BCUT2D eigenvalue weighted by Gasteiger charge is -2.27. The molecule has 0 saturated carbocycles. The van der Waals surface area contributed by atoms with E-state index in [1.54, 1.807) is 0 Å². The van der Waals surface area contributed by atoms with Crippen molar-refractivity contribution in [2.75, 3.05) is 0 Å². The molecule has 1 amide bonds. The molecule has 0 aliphatic carbocycles. The number of hydrogen-bond donors (Lipinski definition) is 2. The molecule has 0 aliphatic rings. The Kier molecular flexibility index (Phi) is 5.68. The van der Waals surface area contributed by atoms with Crippen LogP contribution in [0.2, 0.25) is 0 Å². The van der Waals surface area contributed by atoms with E-state index in [0.717, 1.165) is 12.0 Å². The summed E-state index contributed by atoms with van der Waals surface area (Å²) < 4.78 is 13.0. The lowest BCUT2D eigenvalue weighted by atomic mass is 9.91. The molecule has 0 aromatic heterocycles. The Morgan fingerprint density at radius 3 is 2.29 bits per heavy atom. The zero-order valence-electron chi connectivity index (χ0n) is 13.5. The van der Waals surface area contributed by atoms with Gasteiger partial charge < -0.3 is 10.4 Å². The van der Waals surface area contributed by atoms with Crippen LogP contribution in [0.15, 0.2) is 54.6 Å². The molecule has 0 aliphatic heterocycles. The number of carboxylic acid groups (broad SMARTS) is 1. The molecule has 5 heteroatoms. The first-order valence-electron chi connectivity index (χ1n) is 7.76. The minimum atomic E-state index is -1.59. The number of benzene rings is 2. The maximum atomic E-state index is 13.0. The highest BCUT2D eigenvalue weighted by Gasteiger charge is 2.36. The molecule has 2 rings (SSSR count).